The number of carbonyl (C=O) groups excluding carboxylic acids is 3. The van der Waals surface area contributed by atoms with E-state index in [0.29, 0.717) is 17.2 Å². The van der Waals surface area contributed by atoms with Crippen LogP contribution in [0.25, 0.3) is 0 Å². The molecular weight excluding hydrogens is 465 g/mol. The number of carbonyl (C=O) groups is 3. The molecule has 0 aliphatic carbocycles. The molecule has 0 bridgehead atoms. The zero-order chi connectivity index (χ0) is 24.9. The lowest BCUT2D eigenvalue weighted by Crippen LogP contribution is -2.48. The Kier molecular flexibility index (Phi) is 7.87. The number of halogens is 1. The van der Waals surface area contributed by atoms with E-state index in [4.69, 9.17) is 9.47 Å². The summed E-state index contributed by atoms with van der Waals surface area (Å²) in [5.41, 5.74) is 0.0392. The molecular formula is C23H26FN3O6S. The Morgan fingerprint density at radius 3 is 2.47 bits per heavy atom. The minimum Gasteiger partial charge on any atom is -0.454 e. The zero-order valence-electron chi connectivity index (χ0n) is 19.1. The second-order valence-corrected chi connectivity index (χ2v) is 10.1. The van der Waals surface area contributed by atoms with E-state index < -0.39 is 51.4 Å². The Balaban J connectivity index is 1.63. The van der Waals surface area contributed by atoms with Gasteiger partial charge in [0.2, 0.25) is 24.5 Å². The molecule has 3 rings (SSSR count). The van der Waals surface area contributed by atoms with Crippen molar-refractivity contribution in [2.24, 2.45) is 0 Å². The summed E-state index contributed by atoms with van der Waals surface area (Å²) in [6.07, 6.45) is 0. The van der Waals surface area contributed by atoms with Crippen molar-refractivity contribution in [3.05, 3.63) is 48.3 Å². The largest absolute Gasteiger partial charge is 0.454 e. The molecule has 2 N–H and O–H groups in total. The maximum atomic E-state index is 13.8. The number of nitrogens with one attached hydrogen (secondary N) is 2. The maximum absolute atomic E-state index is 13.8. The molecule has 2 aromatic rings. The molecule has 0 radical (unpaired) electrons. The van der Waals surface area contributed by atoms with Gasteiger partial charge in [0, 0.05) is 33.8 Å². The highest BCUT2D eigenvalue weighted by Crippen LogP contribution is 2.34. The highest BCUT2D eigenvalue weighted by molar-refractivity contribution is 7.86. The van der Waals surface area contributed by atoms with Crippen molar-refractivity contribution in [3.8, 4) is 11.5 Å². The Hall–Kier alpha value is -3.47. The third kappa shape index (κ3) is 7.27. The van der Waals surface area contributed by atoms with Crippen molar-refractivity contribution in [1.82, 2.24) is 5.32 Å². The molecule has 1 aliphatic rings. The summed E-state index contributed by atoms with van der Waals surface area (Å²) in [6, 6.07) is 10.0. The number of hydrogen-bond acceptors (Lipinski definition) is 6. The molecule has 1 aliphatic heterocycles. The number of hydrogen-bond donors (Lipinski definition) is 2. The van der Waals surface area contributed by atoms with Crippen molar-refractivity contribution in [2.75, 3.05) is 35.1 Å². The van der Waals surface area contributed by atoms with Gasteiger partial charge in [-0.2, -0.15) is 0 Å². The molecule has 34 heavy (non-hydrogen) atoms. The third-order valence-corrected chi connectivity index (χ3v) is 5.62. The van der Waals surface area contributed by atoms with Gasteiger partial charge < -0.3 is 25.0 Å². The average Bonchev–Trinajstić information content (AvgIpc) is 3.18. The fourth-order valence-electron chi connectivity index (χ4n) is 3.15. The normalized spacial score (nSPS) is 13.2. The van der Waals surface area contributed by atoms with Gasteiger partial charge >= 0.3 is 0 Å². The van der Waals surface area contributed by atoms with Gasteiger partial charge in [-0.15, -0.1) is 0 Å². The average molecular weight is 492 g/mol. The number of benzene rings is 2. The SMILES string of the molecule is CC(C)(C)NC(=O)CN(C(=O)CS(=O)CC(=O)Nc1ccc2c(c1)OCO2)c1cccc(F)c1. The van der Waals surface area contributed by atoms with Crippen LogP contribution in [0.15, 0.2) is 42.5 Å². The van der Waals surface area contributed by atoms with Crippen molar-refractivity contribution in [2.45, 2.75) is 26.3 Å². The fraction of sp³-hybridized carbons (Fsp3) is 0.348. The Morgan fingerprint density at radius 1 is 1.03 bits per heavy atom. The van der Waals surface area contributed by atoms with Crippen LogP contribution in [0.2, 0.25) is 0 Å². The van der Waals surface area contributed by atoms with Crippen LogP contribution in [0.4, 0.5) is 15.8 Å². The summed E-state index contributed by atoms with van der Waals surface area (Å²) in [7, 11) is -1.87. The Morgan fingerprint density at radius 2 is 1.76 bits per heavy atom. The zero-order valence-corrected chi connectivity index (χ0v) is 19.9. The number of nitrogens with zero attached hydrogens (tertiary/aromatic N) is 1. The summed E-state index contributed by atoms with van der Waals surface area (Å²) in [4.78, 5) is 38.7. The third-order valence-electron chi connectivity index (χ3n) is 4.47. The fourth-order valence-corrected chi connectivity index (χ4v) is 4.05. The van der Waals surface area contributed by atoms with Crippen molar-refractivity contribution >= 4 is 39.9 Å². The quantitative estimate of drug-likeness (QED) is 0.585. The van der Waals surface area contributed by atoms with E-state index in [-0.39, 0.29) is 19.0 Å². The van der Waals surface area contributed by atoms with Crippen LogP contribution >= 0.6 is 0 Å². The van der Waals surface area contributed by atoms with Gasteiger partial charge in [0.15, 0.2) is 11.5 Å². The van der Waals surface area contributed by atoms with Gasteiger partial charge in [0.05, 0.1) is 0 Å². The molecule has 0 fully saturated rings. The molecule has 0 aromatic heterocycles. The lowest BCUT2D eigenvalue weighted by atomic mass is 10.1. The van der Waals surface area contributed by atoms with Crippen LogP contribution in [0, 0.1) is 5.82 Å². The number of anilines is 2. The van der Waals surface area contributed by atoms with Crippen LogP contribution in [-0.2, 0) is 25.2 Å². The number of ether oxygens (including phenoxy) is 2. The number of fused-ring (bicyclic) bond motifs is 1. The Bertz CT molecular complexity index is 1120. The van der Waals surface area contributed by atoms with Crippen molar-refractivity contribution in [3.63, 3.8) is 0 Å². The molecule has 1 atom stereocenters. The van der Waals surface area contributed by atoms with Crippen LogP contribution in [-0.4, -0.2) is 52.3 Å². The van der Waals surface area contributed by atoms with E-state index in [2.05, 4.69) is 10.6 Å². The molecule has 0 spiro atoms. The van der Waals surface area contributed by atoms with Crippen molar-refractivity contribution < 1.29 is 32.5 Å². The second-order valence-electron chi connectivity index (χ2n) is 8.60. The molecule has 0 saturated carbocycles. The first-order valence-corrected chi connectivity index (χ1v) is 11.9. The highest BCUT2D eigenvalue weighted by Gasteiger charge is 2.24. The molecule has 1 unspecified atom stereocenters. The predicted octanol–water partition coefficient (Wildman–Crippen LogP) is 2.19. The minimum absolute atomic E-state index is 0.0917. The highest BCUT2D eigenvalue weighted by atomic mass is 32.2. The maximum Gasteiger partial charge on any atom is 0.240 e. The molecule has 9 nitrogen and oxygen atoms in total. The standard InChI is InChI=1S/C23H26FN3O6S/c1-23(2,3)26-20(28)11-27(17-6-4-5-15(24)9-17)22(30)13-34(31)12-21(29)25-16-7-8-18-19(10-16)33-14-32-18/h4-10H,11-14H2,1-3H3,(H,25,29)(H,26,28). The topological polar surface area (TPSA) is 114 Å². The summed E-state index contributed by atoms with van der Waals surface area (Å²) in [5.74, 6) is -2.21. The first-order chi connectivity index (χ1) is 16.0. The summed E-state index contributed by atoms with van der Waals surface area (Å²) in [6.45, 7) is 5.06. The summed E-state index contributed by atoms with van der Waals surface area (Å²) >= 11 is 0. The second kappa shape index (κ2) is 10.6. The number of amides is 3. The smallest absolute Gasteiger partial charge is 0.240 e. The van der Waals surface area contributed by atoms with E-state index in [1.807, 2.05) is 0 Å². The molecule has 1 heterocycles. The van der Waals surface area contributed by atoms with E-state index in [0.717, 1.165) is 11.0 Å². The molecule has 11 heteroatoms. The van der Waals surface area contributed by atoms with Crippen LogP contribution in [0.1, 0.15) is 20.8 Å². The molecule has 182 valence electrons. The van der Waals surface area contributed by atoms with Gasteiger partial charge in [-0.1, -0.05) is 6.07 Å². The van der Waals surface area contributed by atoms with Crippen LogP contribution in [0.5, 0.6) is 11.5 Å². The minimum atomic E-state index is -1.87. The number of rotatable bonds is 8. The van der Waals surface area contributed by atoms with Gasteiger partial charge in [0.25, 0.3) is 0 Å². The van der Waals surface area contributed by atoms with Crippen LogP contribution < -0.4 is 25.0 Å². The first-order valence-electron chi connectivity index (χ1n) is 10.4. The lowest BCUT2D eigenvalue weighted by molar-refractivity contribution is -0.124. The molecule has 3 amide bonds. The monoisotopic (exact) mass is 491 g/mol. The first kappa shape index (κ1) is 25.2. The van der Waals surface area contributed by atoms with E-state index in [1.165, 1.54) is 18.2 Å². The van der Waals surface area contributed by atoms with E-state index >= 15 is 0 Å². The lowest BCUT2D eigenvalue weighted by Gasteiger charge is -2.26. The van der Waals surface area contributed by atoms with Crippen molar-refractivity contribution in [1.29, 1.82) is 0 Å². The molecule has 2 aromatic carbocycles. The summed E-state index contributed by atoms with van der Waals surface area (Å²) < 4.78 is 36.8. The van der Waals surface area contributed by atoms with E-state index in [9.17, 15) is 23.0 Å². The summed E-state index contributed by atoms with van der Waals surface area (Å²) in [5, 5.41) is 5.33. The van der Waals surface area contributed by atoms with Crippen LogP contribution in [0.3, 0.4) is 0 Å². The Labute approximate surface area is 199 Å². The van der Waals surface area contributed by atoms with Gasteiger partial charge in [-0.3, -0.25) is 18.6 Å². The van der Waals surface area contributed by atoms with Gasteiger partial charge in [-0.25, -0.2) is 4.39 Å². The predicted molar refractivity (Wildman–Crippen MR) is 126 cm³/mol. The van der Waals surface area contributed by atoms with E-state index in [1.54, 1.807) is 39.0 Å². The molecule has 0 saturated heterocycles. The van der Waals surface area contributed by atoms with Gasteiger partial charge in [-0.05, 0) is 51.1 Å². The van der Waals surface area contributed by atoms with Gasteiger partial charge in [0.1, 0.15) is 23.9 Å².